The van der Waals surface area contributed by atoms with Gasteiger partial charge < -0.3 is 14.5 Å². The molecule has 26 heavy (non-hydrogen) atoms. The highest BCUT2D eigenvalue weighted by Crippen LogP contribution is 2.29. The summed E-state index contributed by atoms with van der Waals surface area (Å²) in [5, 5.41) is 10.3. The normalized spacial score (nSPS) is 11.2. The van der Waals surface area contributed by atoms with Gasteiger partial charge >= 0.3 is 0 Å². The standard InChI is InChI=1S/C21H18N2O3/c1-3-26-19-9-8-14(11-20(19)25-2)10-15(12-22)21(24)17-13-23-18-7-5-4-6-16(17)18/h4-11,13,23H,3H2,1-2H3/b15-10+. The maximum Gasteiger partial charge on any atom is 0.205 e. The number of Topliss-reactive ketones (excluding diaryl/α,β-unsaturated/α-hetero) is 1. The van der Waals surface area contributed by atoms with Gasteiger partial charge in [0.05, 0.1) is 13.7 Å². The van der Waals surface area contributed by atoms with Gasteiger partial charge in [0, 0.05) is 22.7 Å². The third-order valence-electron chi connectivity index (χ3n) is 4.00. The molecule has 0 amide bonds. The molecule has 0 spiro atoms. The summed E-state index contributed by atoms with van der Waals surface area (Å²) in [5.41, 5.74) is 2.08. The van der Waals surface area contributed by atoms with Crippen molar-refractivity contribution in [2.24, 2.45) is 0 Å². The molecule has 5 heteroatoms. The smallest absolute Gasteiger partial charge is 0.205 e. The molecule has 2 aromatic carbocycles. The number of fused-ring (bicyclic) bond motifs is 1. The number of hydrogen-bond donors (Lipinski definition) is 1. The molecule has 0 atom stereocenters. The fraction of sp³-hybridized carbons (Fsp3) is 0.143. The Morgan fingerprint density at radius 2 is 2.04 bits per heavy atom. The Balaban J connectivity index is 1.98. The van der Waals surface area contributed by atoms with Crippen LogP contribution >= 0.6 is 0 Å². The lowest BCUT2D eigenvalue weighted by Crippen LogP contribution is -2.01. The Hall–Kier alpha value is -3.52. The predicted molar refractivity (Wildman–Crippen MR) is 100 cm³/mol. The number of benzene rings is 2. The number of aromatic amines is 1. The topological polar surface area (TPSA) is 75.1 Å². The van der Waals surface area contributed by atoms with Crippen molar-refractivity contribution in [3.63, 3.8) is 0 Å². The Bertz CT molecular complexity index is 1030. The average Bonchev–Trinajstić information content (AvgIpc) is 3.11. The van der Waals surface area contributed by atoms with Crippen molar-refractivity contribution in [1.29, 1.82) is 5.26 Å². The molecule has 0 aliphatic rings. The van der Waals surface area contributed by atoms with Gasteiger partial charge in [0.25, 0.3) is 0 Å². The van der Waals surface area contributed by atoms with E-state index in [0.29, 0.717) is 29.2 Å². The van der Waals surface area contributed by atoms with E-state index < -0.39 is 0 Å². The number of H-pyrrole nitrogens is 1. The molecule has 1 aromatic heterocycles. The van der Waals surface area contributed by atoms with Crippen LogP contribution in [0.2, 0.25) is 0 Å². The second kappa shape index (κ2) is 7.58. The molecule has 0 saturated heterocycles. The number of carbonyl (C=O) groups is 1. The second-order valence-corrected chi connectivity index (χ2v) is 5.59. The summed E-state index contributed by atoms with van der Waals surface area (Å²) in [6.07, 6.45) is 3.19. The molecule has 0 fully saturated rings. The van der Waals surface area contributed by atoms with E-state index in [4.69, 9.17) is 9.47 Å². The number of hydrogen-bond acceptors (Lipinski definition) is 4. The zero-order valence-electron chi connectivity index (χ0n) is 14.6. The molecular formula is C21H18N2O3. The lowest BCUT2D eigenvalue weighted by molar-refractivity contribution is 0.104. The van der Waals surface area contributed by atoms with Crippen LogP contribution in [0.1, 0.15) is 22.8 Å². The van der Waals surface area contributed by atoms with Crippen LogP contribution < -0.4 is 9.47 Å². The van der Waals surface area contributed by atoms with Crippen LogP contribution in [0, 0.1) is 11.3 Å². The molecule has 5 nitrogen and oxygen atoms in total. The van der Waals surface area contributed by atoms with Crippen LogP contribution in [-0.4, -0.2) is 24.5 Å². The number of rotatable bonds is 6. The average molecular weight is 346 g/mol. The first-order chi connectivity index (χ1) is 12.7. The van der Waals surface area contributed by atoms with Gasteiger partial charge in [0.2, 0.25) is 5.78 Å². The number of nitrogens with zero attached hydrogens (tertiary/aromatic N) is 1. The molecule has 130 valence electrons. The van der Waals surface area contributed by atoms with Crippen LogP contribution in [0.3, 0.4) is 0 Å². The van der Waals surface area contributed by atoms with Crippen molar-refractivity contribution in [3.05, 3.63) is 65.4 Å². The number of para-hydroxylation sites is 1. The van der Waals surface area contributed by atoms with E-state index in [1.807, 2.05) is 37.3 Å². The highest BCUT2D eigenvalue weighted by molar-refractivity contribution is 6.19. The van der Waals surface area contributed by atoms with E-state index in [-0.39, 0.29) is 11.4 Å². The maximum absolute atomic E-state index is 12.8. The molecule has 0 aliphatic heterocycles. The van der Waals surface area contributed by atoms with Crippen molar-refractivity contribution >= 4 is 22.8 Å². The number of ketones is 1. The summed E-state index contributed by atoms with van der Waals surface area (Å²) >= 11 is 0. The fourth-order valence-electron chi connectivity index (χ4n) is 2.77. The summed E-state index contributed by atoms with van der Waals surface area (Å²) in [6, 6.07) is 14.8. The molecule has 0 radical (unpaired) electrons. The van der Waals surface area contributed by atoms with Gasteiger partial charge in [-0.25, -0.2) is 0 Å². The zero-order valence-corrected chi connectivity index (χ0v) is 14.6. The molecule has 0 bridgehead atoms. The van der Waals surface area contributed by atoms with Crippen LogP contribution in [0.4, 0.5) is 0 Å². The Morgan fingerprint density at radius 1 is 1.23 bits per heavy atom. The maximum atomic E-state index is 12.8. The summed E-state index contributed by atoms with van der Waals surface area (Å²) in [7, 11) is 1.55. The Kier molecular flexibility index (Phi) is 5.04. The van der Waals surface area contributed by atoms with E-state index in [9.17, 15) is 10.1 Å². The predicted octanol–water partition coefficient (Wildman–Crippen LogP) is 4.37. The first-order valence-corrected chi connectivity index (χ1v) is 8.21. The van der Waals surface area contributed by atoms with Crippen molar-refractivity contribution in [1.82, 2.24) is 4.98 Å². The lowest BCUT2D eigenvalue weighted by Gasteiger charge is -2.09. The molecule has 1 heterocycles. The van der Waals surface area contributed by atoms with Gasteiger partial charge in [-0.15, -0.1) is 0 Å². The quantitative estimate of drug-likeness (QED) is 0.409. The number of aromatic nitrogens is 1. The van der Waals surface area contributed by atoms with Gasteiger partial charge in [-0.1, -0.05) is 24.3 Å². The fourth-order valence-corrected chi connectivity index (χ4v) is 2.77. The minimum atomic E-state index is -0.321. The van der Waals surface area contributed by atoms with Crippen molar-refractivity contribution in [2.75, 3.05) is 13.7 Å². The number of methoxy groups -OCH3 is 1. The molecule has 0 aliphatic carbocycles. The van der Waals surface area contributed by atoms with E-state index in [1.54, 1.807) is 37.6 Å². The van der Waals surface area contributed by atoms with Crippen LogP contribution in [-0.2, 0) is 0 Å². The van der Waals surface area contributed by atoms with Crippen LogP contribution in [0.25, 0.3) is 17.0 Å². The molecule has 3 aromatic rings. The van der Waals surface area contributed by atoms with E-state index in [0.717, 1.165) is 10.9 Å². The minimum Gasteiger partial charge on any atom is -0.493 e. The molecular weight excluding hydrogens is 328 g/mol. The summed E-state index contributed by atoms with van der Waals surface area (Å²) in [6.45, 7) is 2.41. The van der Waals surface area contributed by atoms with E-state index >= 15 is 0 Å². The summed E-state index contributed by atoms with van der Waals surface area (Å²) in [4.78, 5) is 15.9. The number of nitriles is 1. The highest BCUT2D eigenvalue weighted by atomic mass is 16.5. The van der Waals surface area contributed by atoms with Gasteiger partial charge in [0.15, 0.2) is 11.5 Å². The van der Waals surface area contributed by atoms with Gasteiger partial charge in [-0.2, -0.15) is 5.26 Å². The lowest BCUT2D eigenvalue weighted by atomic mass is 10.0. The summed E-state index contributed by atoms with van der Waals surface area (Å²) in [5.74, 6) is 0.851. The highest BCUT2D eigenvalue weighted by Gasteiger charge is 2.16. The van der Waals surface area contributed by atoms with Crippen molar-refractivity contribution < 1.29 is 14.3 Å². The van der Waals surface area contributed by atoms with Gasteiger partial charge in [-0.3, -0.25) is 4.79 Å². The van der Waals surface area contributed by atoms with Crippen LogP contribution in [0.15, 0.2) is 54.2 Å². The van der Waals surface area contributed by atoms with Crippen molar-refractivity contribution in [2.45, 2.75) is 6.92 Å². The number of carbonyl (C=O) groups excluding carboxylic acids is 1. The first kappa shape index (κ1) is 17.3. The zero-order chi connectivity index (χ0) is 18.5. The van der Waals surface area contributed by atoms with E-state index in [1.165, 1.54) is 0 Å². The number of allylic oxidation sites excluding steroid dienone is 1. The third kappa shape index (κ3) is 3.31. The van der Waals surface area contributed by atoms with Gasteiger partial charge in [0.1, 0.15) is 11.6 Å². The molecule has 0 saturated carbocycles. The van der Waals surface area contributed by atoms with Gasteiger partial charge in [-0.05, 0) is 36.8 Å². The monoisotopic (exact) mass is 346 g/mol. The molecule has 0 unspecified atom stereocenters. The number of ether oxygens (including phenoxy) is 2. The largest absolute Gasteiger partial charge is 0.493 e. The van der Waals surface area contributed by atoms with Crippen LogP contribution in [0.5, 0.6) is 11.5 Å². The van der Waals surface area contributed by atoms with E-state index in [2.05, 4.69) is 4.98 Å². The third-order valence-corrected chi connectivity index (χ3v) is 4.00. The SMILES string of the molecule is CCOc1ccc(/C=C(\C#N)C(=O)c2c[nH]c3ccccc23)cc1OC. The number of nitrogens with one attached hydrogen (secondary N) is 1. The molecule has 3 rings (SSSR count). The van der Waals surface area contributed by atoms with Crippen molar-refractivity contribution in [3.8, 4) is 17.6 Å². The first-order valence-electron chi connectivity index (χ1n) is 8.21. The minimum absolute atomic E-state index is 0.0565. The Morgan fingerprint density at radius 3 is 2.77 bits per heavy atom. The molecule has 1 N–H and O–H groups in total. The second-order valence-electron chi connectivity index (χ2n) is 5.59. The Labute approximate surface area is 151 Å². The summed E-state index contributed by atoms with van der Waals surface area (Å²) < 4.78 is 10.8.